The molecule has 0 bridgehead atoms. The molecular formula is C6H15NS. The van der Waals surface area contributed by atoms with Crippen LogP contribution in [0, 0.1) is 0 Å². The smallest absolute Gasteiger partial charge is 0.0175 e. The monoisotopic (exact) mass is 133 g/mol. The van der Waals surface area contributed by atoms with E-state index in [1.165, 1.54) is 0 Å². The molecule has 0 amide bonds. The van der Waals surface area contributed by atoms with Gasteiger partial charge in [0.05, 0.1) is 0 Å². The lowest BCUT2D eigenvalue weighted by Crippen LogP contribution is -2.31. The van der Waals surface area contributed by atoms with Gasteiger partial charge in [-0.25, -0.2) is 0 Å². The Balaban J connectivity index is 3.46. The topological polar surface area (TPSA) is 3.24 Å². The van der Waals surface area contributed by atoms with Crippen LogP contribution in [0.1, 0.15) is 13.8 Å². The standard InChI is InChI=1S/C6H15NS/c1-5(6(2)8)7(3)4/h5-6,8H,1-4H3. The first-order valence-corrected chi connectivity index (χ1v) is 3.42. The van der Waals surface area contributed by atoms with Gasteiger partial charge in [-0.2, -0.15) is 12.6 Å². The fraction of sp³-hybridized carbons (Fsp3) is 1.00. The summed E-state index contributed by atoms with van der Waals surface area (Å²) < 4.78 is 0. The van der Waals surface area contributed by atoms with Gasteiger partial charge in [0.25, 0.3) is 0 Å². The molecule has 0 saturated heterocycles. The number of thiol groups is 1. The summed E-state index contributed by atoms with van der Waals surface area (Å²) in [5, 5.41) is 0.463. The third-order valence-electron chi connectivity index (χ3n) is 1.51. The summed E-state index contributed by atoms with van der Waals surface area (Å²) in [7, 11) is 4.13. The highest BCUT2D eigenvalue weighted by Gasteiger charge is 2.07. The van der Waals surface area contributed by atoms with E-state index in [9.17, 15) is 0 Å². The Morgan fingerprint density at radius 3 is 1.62 bits per heavy atom. The summed E-state index contributed by atoms with van der Waals surface area (Å²) in [6.07, 6.45) is 0. The van der Waals surface area contributed by atoms with E-state index >= 15 is 0 Å². The summed E-state index contributed by atoms with van der Waals surface area (Å²) in [6.45, 7) is 4.27. The fourth-order valence-corrected chi connectivity index (χ4v) is 0.698. The average molecular weight is 133 g/mol. The third kappa shape index (κ3) is 2.58. The lowest BCUT2D eigenvalue weighted by Gasteiger charge is -2.22. The van der Waals surface area contributed by atoms with Crippen molar-refractivity contribution in [3.05, 3.63) is 0 Å². The first kappa shape index (κ1) is 8.31. The molecule has 0 heterocycles. The van der Waals surface area contributed by atoms with Gasteiger partial charge in [0.15, 0.2) is 0 Å². The molecule has 1 nitrogen and oxygen atoms in total. The predicted molar refractivity (Wildman–Crippen MR) is 41.6 cm³/mol. The fourth-order valence-electron chi connectivity index (χ4n) is 0.431. The second-order valence-electron chi connectivity index (χ2n) is 2.44. The maximum absolute atomic E-state index is 4.29. The van der Waals surface area contributed by atoms with Crippen LogP contribution in [0.2, 0.25) is 0 Å². The highest BCUT2D eigenvalue weighted by atomic mass is 32.1. The van der Waals surface area contributed by atoms with Gasteiger partial charge in [0, 0.05) is 11.3 Å². The van der Waals surface area contributed by atoms with E-state index < -0.39 is 0 Å². The Morgan fingerprint density at radius 2 is 1.62 bits per heavy atom. The van der Waals surface area contributed by atoms with E-state index in [0.29, 0.717) is 11.3 Å². The van der Waals surface area contributed by atoms with Crippen LogP contribution >= 0.6 is 12.6 Å². The van der Waals surface area contributed by atoms with Crippen LogP contribution < -0.4 is 0 Å². The highest BCUT2D eigenvalue weighted by molar-refractivity contribution is 7.81. The molecule has 0 aliphatic carbocycles. The molecule has 0 aliphatic rings. The molecule has 50 valence electrons. The van der Waals surface area contributed by atoms with Crippen LogP contribution in [-0.4, -0.2) is 30.3 Å². The minimum Gasteiger partial charge on any atom is -0.306 e. The molecule has 0 rings (SSSR count). The summed E-state index contributed by atoms with van der Waals surface area (Å²) in [5.41, 5.74) is 0. The van der Waals surface area contributed by atoms with Gasteiger partial charge in [0.1, 0.15) is 0 Å². The van der Waals surface area contributed by atoms with Crippen LogP contribution in [0.25, 0.3) is 0 Å². The molecule has 0 aromatic rings. The van der Waals surface area contributed by atoms with Crippen LogP contribution in [0.4, 0.5) is 0 Å². The molecule has 0 radical (unpaired) electrons. The molecule has 0 spiro atoms. The minimum absolute atomic E-state index is 0.463. The quantitative estimate of drug-likeness (QED) is 0.555. The summed E-state index contributed by atoms with van der Waals surface area (Å²) >= 11 is 4.29. The van der Waals surface area contributed by atoms with E-state index in [4.69, 9.17) is 0 Å². The zero-order chi connectivity index (χ0) is 6.73. The van der Waals surface area contributed by atoms with Gasteiger partial charge >= 0.3 is 0 Å². The van der Waals surface area contributed by atoms with E-state index in [2.05, 4.69) is 45.5 Å². The van der Waals surface area contributed by atoms with Crippen LogP contribution in [-0.2, 0) is 0 Å². The highest BCUT2D eigenvalue weighted by Crippen LogP contribution is 2.03. The number of rotatable bonds is 2. The third-order valence-corrected chi connectivity index (χ3v) is 1.94. The van der Waals surface area contributed by atoms with Gasteiger partial charge in [0.2, 0.25) is 0 Å². The molecule has 0 aromatic heterocycles. The van der Waals surface area contributed by atoms with Crippen molar-refractivity contribution in [3.8, 4) is 0 Å². The maximum atomic E-state index is 4.29. The Morgan fingerprint density at radius 1 is 1.25 bits per heavy atom. The van der Waals surface area contributed by atoms with Crippen molar-refractivity contribution in [1.29, 1.82) is 0 Å². The largest absolute Gasteiger partial charge is 0.306 e. The van der Waals surface area contributed by atoms with Crippen LogP contribution in [0.3, 0.4) is 0 Å². The van der Waals surface area contributed by atoms with Crippen LogP contribution in [0.15, 0.2) is 0 Å². The molecule has 0 aliphatic heterocycles. The van der Waals surface area contributed by atoms with Gasteiger partial charge in [-0.05, 0) is 21.0 Å². The molecule has 0 aromatic carbocycles. The predicted octanol–water partition coefficient (Wildman–Crippen LogP) is 1.25. The van der Waals surface area contributed by atoms with Gasteiger partial charge in [-0.3, -0.25) is 0 Å². The molecular weight excluding hydrogens is 118 g/mol. The van der Waals surface area contributed by atoms with E-state index in [1.54, 1.807) is 0 Å². The minimum atomic E-state index is 0.463. The first-order chi connectivity index (χ1) is 3.55. The van der Waals surface area contributed by atoms with Crippen molar-refractivity contribution >= 4 is 12.6 Å². The Bertz CT molecular complexity index is 53.5. The lowest BCUT2D eigenvalue weighted by atomic mass is 10.2. The van der Waals surface area contributed by atoms with Crippen molar-refractivity contribution in [2.24, 2.45) is 0 Å². The number of hydrogen-bond donors (Lipinski definition) is 1. The molecule has 8 heavy (non-hydrogen) atoms. The van der Waals surface area contributed by atoms with Gasteiger partial charge in [-0.15, -0.1) is 0 Å². The van der Waals surface area contributed by atoms with Crippen molar-refractivity contribution in [2.75, 3.05) is 14.1 Å². The molecule has 0 fully saturated rings. The first-order valence-electron chi connectivity index (χ1n) is 2.90. The van der Waals surface area contributed by atoms with Crippen molar-refractivity contribution < 1.29 is 0 Å². The average Bonchev–Trinajstić information content (AvgIpc) is 1.64. The molecule has 2 unspecified atom stereocenters. The van der Waals surface area contributed by atoms with Crippen molar-refractivity contribution in [1.82, 2.24) is 4.90 Å². The second kappa shape index (κ2) is 3.36. The molecule has 2 atom stereocenters. The Labute approximate surface area is 57.5 Å². The lowest BCUT2D eigenvalue weighted by molar-refractivity contribution is 0.313. The Hall–Kier alpha value is 0.310. The van der Waals surface area contributed by atoms with Crippen LogP contribution in [0.5, 0.6) is 0 Å². The molecule has 0 N–H and O–H groups in total. The SMILES string of the molecule is CC(S)C(C)N(C)C. The number of hydrogen-bond acceptors (Lipinski definition) is 2. The van der Waals surface area contributed by atoms with Gasteiger partial charge in [-0.1, -0.05) is 6.92 Å². The maximum Gasteiger partial charge on any atom is 0.0175 e. The summed E-state index contributed by atoms with van der Waals surface area (Å²) in [4.78, 5) is 2.16. The van der Waals surface area contributed by atoms with E-state index in [0.717, 1.165) is 0 Å². The zero-order valence-electron chi connectivity index (χ0n) is 6.05. The van der Waals surface area contributed by atoms with Crippen molar-refractivity contribution in [3.63, 3.8) is 0 Å². The second-order valence-corrected chi connectivity index (χ2v) is 3.26. The van der Waals surface area contributed by atoms with E-state index in [-0.39, 0.29) is 0 Å². The molecule has 0 saturated carbocycles. The number of nitrogens with zero attached hydrogens (tertiary/aromatic N) is 1. The summed E-state index contributed by atoms with van der Waals surface area (Å²) in [6, 6.07) is 0.568. The molecule has 2 heteroatoms. The van der Waals surface area contributed by atoms with E-state index in [1.807, 2.05) is 0 Å². The van der Waals surface area contributed by atoms with Crippen molar-refractivity contribution in [2.45, 2.75) is 25.1 Å². The summed E-state index contributed by atoms with van der Waals surface area (Å²) in [5.74, 6) is 0. The normalized spacial score (nSPS) is 18.8. The van der Waals surface area contributed by atoms with Gasteiger partial charge < -0.3 is 4.90 Å². The zero-order valence-corrected chi connectivity index (χ0v) is 6.94. The Kier molecular flexibility index (Phi) is 3.49.